The third-order valence-corrected chi connectivity index (χ3v) is 2.90. The Morgan fingerprint density at radius 1 is 1.33 bits per heavy atom. The average Bonchev–Trinajstić information content (AvgIpc) is 2.17. The van der Waals surface area contributed by atoms with Crippen molar-refractivity contribution in [3.63, 3.8) is 0 Å². The predicted molar refractivity (Wildman–Crippen MR) is 71.7 cm³/mol. The van der Waals surface area contributed by atoms with Gasteiger partial charge in [0.1, 0.15) is 0 Å². The van der Waals surface area contributed by atoms with E-state index in [2.05, 4.69) is 50.0 Å². The van der Waals surface area contributed by atoms with E-state index in [9.17, 15) is 0 Å². The molecule has 3 heteroatoms. The third kappa shape index (κ3) is 3.98. The summed E-state index contributed by atoms with van der Waals surface area (Å²) in [6.07, 6.45) is 6.58. The summed E-state index contributed by atoms with van der Waals surface area (Å²) < 4.78 is 2.07. The normalized spacial score (nSPS) is 12.1. The van der Waals surface area contributed by atoms with Crippen LogP contribution in [-0.2, 0) is 0 Å². The Kier molecular flexibility index (Phi) is 5.38. The van der Waals surface area contributed by atoms with Gasteiger partial charge in [-0.15, -0.1) is 6.42 Å². The van der Waals surface area contributed by atoms with Gasteiger partial charge in [0.05, 0.1) is 6.04 Å². The van der Waals surface area contributed by atoms with E-state index in [-0.39, 0.29) is 6.04 Å². The van der Waals surface area contributed by atoms with E-state index in [1.165, 1.54) is 0 Å². The summed E-state index contributed by atoms with van der Waals surface area (Å²) in [6, 6.07) is 6.06. The second-order valence-corrected chi connectivity index (χ2v) is 5.09. The zero-order valence-corrected chi connectivity index (χ0v) is 11.7. The standard InChI is InChI=1S/C12H13Br2N/c1-3-5-15-12(4-2)9-6-10(13)8-11(14)7-9/h2,6-8,12,15H,3,5H2,1H3. The van der Waals surface area contributed by atoms with Crippen LogP contribution in [0, 0.1) is 12.3 Å². The molecule has 1 rings (SSSR count). The zero-order chi connectivity index (χ0) is 11.3. The predicted octanol–water partition coefficient (Wildman–Crippen LogP) is 3.89. The molecule has 0 amide bonds. The van der Waals surface area contributed by atoms with Gasteiger partial charge >= 0.3 is 0 Å². The molecule has 0 bridgehead atoms. The maximum atomic E-state index is 5.50. The quantitative estimate of drug-likeness (QED) is 0.826. The smallest absolute Gasteiger partial charge is 0.0944 e. The van der Waals surface area contributed by atoms with Crippen LogP contribution in [0.2, 0.25) is 0 Å². The number of hydrogen-bond acceptors (Lipinski definition) is 1. The Balaban J connectivity index is 2.87. The molecule has 1 aromatic carbocycles. The molecule has 1 N–H and O–H groups in total. The van der Waals surface area contributed by atoms with E-state index in [0.29, 0.717) is 0 Å². The molecule has 0 aliphatic carbocycles. The summed E-state index contributed by atoms with van der Waals surface area (Å²) in [6.45, 7) is 3.05. The number of terminal acetylenes is 1. The fourth-order valence-corrected chi connectivity index (χ4v) is 2.63. The monoisotopic (exact) mass is 329 g/mol. The van der Waals surface area contributed by atoms with E-state index in [4.69, 9.17) is 6.42 Å². The molecule has 1 atom stereocenters. The van der Waals surface area contributed by atoms with Crippen molar-refractivity contribution in [1.29, 1.82) is 0 Å². The minimum Gasteiger partial charge on any atom is -0.300 e. The molecule has 0 aliphatic rings. The van der Waals surface area contributed by atoms with Crippen molar-refractivity contribution in [2.75, 3.05) is 6.54 Å². The second-order valence-electron chi connectivity index (χ2n) is 3.26. The van der Waals surface area contributed by atoms with Gasteiger partial charge in [-0.1, -0.05) is 44.7 Å². The molecule has 15 heavy (non-hydrogen) atoms. The number of benzene rings is 1. The van der Waals surface area contributed by atoms with Gasteiger partial charge in [0.25, 0.3) is 0 Å². The first-order chi connectivity index (χ1) is 7.17. The molecule has 1 nitrogen and oxygen atoms in total. The summed E-state index contributed by atoms with van der Waals surface area (Å²) in [5.41, 5.74) is 1.10. The van der Waals surface area contributed by atoms with Gasteiger partial charge < -0.3 is 5.32 Å². The zero-order valence-electron chi connectivity index (χ0n) is 8.56. The van der Waals surface area contributed by atoms with Crippen molar-refractivity contribution in [3.05, 3.63) is 32.7 Å². The lowest BCUT2D eigenvalue weighted by Gasteiger charge is -2.13. The Labute approximate surface area is 108 Å². The lowest BCUT2D eigenvalue weighted by molar-refractivity contribution is 0.626. The van der Waals surface area contributed by atoms with E-state index in [1.54, 1.807) is 0 Å². The van der Waals surface area contributed by atoms with Crippen molar-refractivity contribution in [3.8, 4) is 12.3 Å². The molecule has 0 heterocycles. The molecule has 1 aromatic rings. The average molecular weight is 331 g/mol. The number of rotatable bonds is 4. The van der Waals surface area contributed by atoms with Crippen molar-refractivity contribution in [1.82, 2.24) is 5.32 Å². The first-order valence-corrected chi connectivity index (χ1v) is 6.41. The van der Waals surface area contributed by atoms with Crippen molar-refractivity contribution in [2.45, 2.75) is 19.4 Å². The van der Waals surface area contributed by atoms with Crippen molar-refractivity contribution in [2.24, 2.45) is 0 Å². The highest BCUT2D eigenvalue weighted by atomic mass is 79.9. The fraction of sp³-hybridized carbons (Fsp3) is 0.333. The maximum absolute atomic E-state index is 5.50. The van der Waals surface area contributed by atoms with E-state index in [1.807, 2.05) is 18.2 Å². The summed E-state index contributed by atoms with van der Waals surface area (Å²) in [4.78, 5) is 0. The lowest BCUT2D eigenvalue weighted by Crippen LogP contribution is -2.20. The van der Waals surface area contributed by atoms with Gasteiger partial charge in [-0.25, -0.2) is 0 Å². The lowest BCUT2D eigenvalue weighted by atomic mass is 10.1. The van der Waals surface area contributed by atoms with Crippen LogP contribution >= 0.6 is 31.9 Å². The molecule has 0 fully saturated rings. The van der Waals surface area contributed by atoms with Crippen LogP contribution in [0.15, 0.2) is 27.1 Å². The fourth-order valence-electron chi connectivity index (χ4n) is 1.30. The second kappa shape index (κ2) is 6.32. The van der Waals surface area contributed by atoms with Gasteiger partial charge in [0.15, 0.2) is 0 Å². The minimum absolute atomic E-state index is 0.0150. The van der Waals surface area contributed by atoms with E-state index >= 15 is 0 Å². The van der Waals surface area contributed by atoms with Crippen molar-refractivity contribution < 1.29 is 0 Å². The number of nitrogens with one attached hydrogen (secondary N) is 1. The van der Waals surface area contributed by atoms with Crippen molar-refractivity contribution >= 4 is 31.9 Å². The number of hydrogen-bond donors (Lipinski definition) is 1. The maximum Gasteiger partial charge on any atom is 0.0944 e. The Morgan fingerprint density at radius 3 is 2.40 bits per heavy atom. The van der Waals surface area contributed by atoms with Crippen LogP contribution in [0.5, 0.6) is 0 Å². The SMILES string of the molecule is C#CC(NCCC)c1cc(Br)cc(Br)c1. The van der Waals surface area contributed by atoms with Crippen LogP contribution in [0.4, 0.5) is 0 Å². The summed E-state index contributed by atoms with van der Waals surface area (Å²) in [5.74, 6) is 2.75. The van der Waals surface area contributed by atoms with Crippen LogP contribution in [0.25, 0.3) is 0 Å². The third-order valence-electron chi connectivity index (χ3n) is 1.98. The van der Waals surface area contributed by atoms with Gasteiger partial charge in [-0.05, 0) is 36.7 Å². The van der Waals surface area contributed by atoms with E-state index in [0.717, 1.165) is 27.5 Å². The largest absolute Gasteiger partial charge is 0.300 e. The molecule has 0 spiro atoms. The summed E-state index contributed by atoms with van der Waals surface area (Å²) in [7, 11) is 0. The van der Waals surface area contributed by atoms with Gasteiger partial charge in [0, 0.05) is 8.95 Å². The van der Waals surface area contributed by atoms with Gasteiger partial charge in [-0.3, -0.25) is 0 Å². The molecule has 0 saturated heterocycles. The van der Waals surface area contributed by atoms with Crippen LogP contribution in [0.3, 0.4) is 0 Å². The molecule has 0 aromatic heterocycles. The van der Waals surface area contributed by atoms with Gasteiger partial charge in [-0.2, -0.15) is 0 Å². The topological polar surface area (TPSA) is 12.0 Å². The Bertz CT molecular complexity index is 348. The summed E-state index contributed by atoms with van der Waals surface area (Å²) >= 11 is 6.90. The Hall–Kier alpha value is -0.300. The molecule has 0 radical (unpaired) electrons. The Morgan fingerprint density at radius 2 is 1.93 bits per heavy atom. The van der Waals surface area contributed by atoms with E-state index < -0.39 is 0 Å². The molecular weight excluding hydrogens is 318 g/mol. The first kappa shape index (κ1) is 12.8. The number of halogens is 2. The van der Waals surface area contributed by atoms with Gasteiger partial charge in [0.2, 0.25) is 0 Å². The molecule has 1 unspecified atom stereocenters. The molecule has 80 valence electrons. The molecular formula is C12H13Br2N. The van der Waals surface area contributed by atoms with Crippen LogP contribution < -0.4 is 5.32 Å². The highest BCUT2D eigenvalue weighted by Crippen LogP contribution is 2.23. The summed E-state index contributed by atoms with van der Waals surface area (Å²) in [5, 5.41) is 3.31. The minimum atomic E-state index is -0.0150. The highest BCUT2D eigenvalue weighted by Gasteiger charge is 2.08. The first-order valence-electron chi connectivity index (χ1n) is 4.83. The highest BCUT2D eigenvalue weighted by molar-refractivity contribution is 9.11. The van der Waals surface area contributed by atoms with Crippen LogP contribution in [0.1, 0.15) is 24.9 Å². The molecule has 0 saturated carbocycles. The molecule has 0 aliphatic heterocycles. The van der Waals surface area contributed by atoms with Crippen LogP contribution in [-0.4, -0.2) is 6.54 Å².